The van der Waals surface area contributed by atoms with Gasteiger partial charge in [0.2, 0.25) is 0 Å². The Balaban J connectivity index is 1.21. The summed E-state index contributed by atoms with van der Waals surface area (Å²) in [5, 5.41) is 0. The molecular formula is C49H35NO. The predicted octanol–water partition coefficient (Wildman–Crippen LogP) is 13.4. The largest absolute Gasteiger partial charge is 0.488 e. The van der Waals surface area contributed by atoms with Crippen LogP contribution in [0.5, 0.6) is 5.75 Å². The van der Waals surface area contributed by atoms with Crippen LogP contribution in [0.25, 0.3) is 55.6 Å². The molecule has 0 atom stereocenters. The number of fused-ring (bicyclic) bond motifs is 3. The van der Waals surface area contributed by atoms with E-state index in [1.54, 1.807) is 0 Å². The number of hydrogen-bond donors (Lipinski definition) is 0. The molecule has 1 aliphatic heterocycles. The summed E-state index contributed by atoms with van der Waals surface area (Å²) in [6.45, 7) is 0.582. The van der Waals surface area contributed by atoms with Crippen LogP contribution < -0.4 is 9.64 Å². The van der Waals surface area contributed by atoms with Gasteiger partial charge in [-0.05, 0) is 98.1 Å². The number of anilines is 3. The van der Waals surface area contributed by atoms with E-state index in [0.717, 1.165) is 45.1 Å². The van der Waals surface area contributed by atoms with Gasteiger partial charge in [-0.1, -0.05) is 158 Å². The van der Waals surface area contributed by atoms with Crippen LogP contribution in [0, 0.1) is 0 Å². The minimum absolute atomic E-state index is 0.582. The lowest BCUT2D eigenvalue weighted by Crippen LogP contribution is -2.10. The van der Waals surface area contributed by atoms with Gasteiger partial charge in [-0.25, -0.2) is 0 Å². The SMILES string of the molecule is c1ccc(-c2ccc(N(c3ccc(-c4ccccc4)cc3)c3ccc(-c4cccc5c4-c4ccccc4CO5)c(-c4ccccc4)c3)cc2)cc1. The second kappa shape index (κ2) is 13.3. The Hall–Kier alpha value is -6.64. The summed E-state index contributed by atoms with van der Waals surface area (Å²) in [6, 6.07) is 71.5. The van der Waals surface area contributed by atoms with Crippen LogP contribution in [-0.4, -0.2) is 0 Å². The molecule has 0 aliphatic carbocycles. The highest BCUT2D eigenvalue weighted by atomic mass is 16.5. The van der Waals surface area contributed by atoms with E-state index in [1.165, 1.54) is 38.9 Å². The van der Waals surface area contributed by atoms with Gasteiger partial charge < -0.3 is 9.64 Å². The van der Waals surface area contributed by atoms with Crippen LogP contribution in [0.15, 0.2) is 200 Å². The van der Waals surface area contributed by atoms with Crippen molar-refractivity contribution in [2.24, 2.45) is 0 Å². The molecule has 0 radical (unpaired) electrons. The van der Waals surface area contributed by atoms with Gasteiger partial charge in [0.05, 0.1) is 0 Å². The van der Waals surface area contributed by atoms with Gasteiger partial charge in [-0.2, -0.15) is 0 Å². The molecule has 2 heteroatoms. The zero-order valence-corrected chi connectivity index (χ0v) is 28.1. The molecule has 0 saturated heterocycles. The average Bonchev–Trinajstić information content (AvgIpc) is 3.22. The molecule has 0 spiro atoms. The van der Waals surface area contributed by atoms with Crippen LogP contribution in [0.2, 0.25) is 0 Å². The van der Waals surface area contributed by atoms with E-state index in [-0.39, 0.29) is 0 Å². The fourth-order valence-corrected chi connectivity index (χ4v) is 7.28. The Labute approximate surface area is 299 Å². The Morgan fingerprint density at radius 1 is 0.333 bits per heavy atom. The second-order valence-electron chi connectivity index (χ2n) is 12.9. The standard InChI is InChI=1S/C49H35NO/c1-4-13-35(14-5-1)37-23-27-41(28-24-37)50(42-29-25-38(26-30-42)36-15-6-2-7-16-36)43-31-32-45(47(33-43)39-17-8-3-9-18-39)46-21-12-22-48-49(46)44-20-11-10-19-40(44)34-51-48/h1-33H,34H2. The predicted molar refractivity (Wildman–Crippen MR) is 213 cm³/mol. The number of benzene rings is 8. The summed E-state index contributed by atoms with van der Waals surface area (Å²) in [6.07, 6.45) is 0. The molecule has 1 heterocycles. The quantitative estimate of drug-likeness (QED) is 0.170. The van der Waals surface area contributed by atoms with Crippen molar-refractivity contribution < 1.29 is 4.74 Å². The van der Waals surface area contributed by atoms with Crippen LogP contribution in [0.4, 0.5) is 17.1 Å². The minimum Gasteiger partial charge on any atom is -0.488 e. The molecule has 0 amide bonds. The summed E-state index contributed by atoms with van der Waals surface area (Å²) >= 11 is 0. The van der Waals surface area contributed by atoms with E-state index in [0.29, 0.717) is 6.61 Å². The number of ether oxygens (including phenoxy) is 1. The second-order valence-corrected chi connectivity index (χ2v) is 12.9. The summed E-state index contributed by atoms with van der Waals surface area (Å²) < 4.78 is 6.31. The summed E-state index contributed by atoms with van der Waals surface area (Å²) in [5.41, 5.74) is 16.3. The Morgan fingerprint density at radius 3 is 1.43 bits per heavy atom. The fourth-order valence-electron chi connectivity index (χ4n) is 7.28. The van der Waals surface area contributed by atoms with Crippen molar-refractivity contribution >= 4 is 17.1 Å². The lowest BCUT2D eigenvalue weighted by Gasteiger charge is -2.28. The molecule has 8 aromatic rings. The van der Waals surface area contributed by atoms with E-state index in [4.69, 9.17) is 4.74 Å². The Morgan fingerprint density at radius 2 is 0.824 bits per heavy atom. The maximum Gasteiger partial charge on any atom is 0.128 e. The van der Waals surface area contributed by atoms with Crippen molar-refractivity contribution in [2.45, 2.75) is 6.61 Å². The highest BCUT2D eigenvalue weighted by molar-refractivity contribution is 5.97. The van der Waals surface area contributed by atoms with Gasteiger partial charge in [-0.15, -0.1) is 0 Å². The van der Waals surface area contributed by atoms with Crippen molar-refractivity contribution in [3.63, 3.8) is 0 Å². The van der Waals surface area contributed by atoms with Crippen molar-refractivity contribution in [3.05, 3.63) is 206 Å². The van der Waals surface area contributed by atoms with Crippen LogP contribution >= 0.6 is 0 Å². The van der Waals surface area contributed by atoms with Gasteiger partial charge in [0.15, 0.2) is 0 Å². The first kappa shape index (κ1) is 30.4. The van der Waals surface area contributed by atoms with E-state index >= 15 is 0 Å². The highest BCUT2D eigenvalue weighted by Gasteiger charge is 2.23. The number of rotatable bonds is 7. The molecule has 51 heavy (non-hydrogen) atoms. The topological polar surface area (TPSA) is 12.5 Å². The number of hydrogen-bond acceptors (Lipinski definition) is 2. The number of nitrogens with zero attached hydrogens (tertiary/aromatic N) is 1. The monoisotopic (exact) mass is 653 g/mol. The van der Waals surface area contributed by atoms with E-state index in [2.05, 4.69) is 205 Å². The van der Waals surface area contributed by atoms with E-state index in [1.807, 2.05) is 0 Å². The van der Waals surface area contributed by atoms with Gasteiger partial charge >= 0.3 is 0 Å². The Kier molecular flexibility index (Phi) is 7.96. The summed E-state index contributed by atoms with van der Waals surface area (Å²) in [5.74, 6) is 0.924. The maximum atomic E-state index is 6.31. The highest BCUT2D eigenvalue weighted by Crippen LogP contribution is 2.48. The van der Waals surface area contributed by atoms with E-state index < -0.39 is 0 Å². The zero-order chi connectivity index (χ0) is 34.0. The lowest BCUT2D eigenvalue weighted by molar-refractivity contribution is 0.302. The van der Waals surface area contributed by atoms with Crippen LogP contribution in [0.3, 0.4) is 0 Å². The van der Waals surface area contributed by atoms with Gasteiger partial charge in [0, 0.05) is 22.6 Å². The first-order valence-electron chi connectivity index (χ1n) is 17.5. The molecule has 9 rings (SSSR count). The molecule has 0 saturated carbocycles. The molecule has 8 aromatic carbocycles. The average molecular weight is 654 g/mol. The zero-order valence-electron chi connectivity index (χ0n) is 28.1. The molecule has 0 fully saturated rings. The van der Waals surface area contributed by atoms with Crippen molar-refractivity contribution in [2.75, 3.05) is 4.90 Å². The summed E-state index contributed by atoms with van der Waals surface area (Å²) in [4.78, 5) is 2.36. The third-order valence-corrected chi connectivity index (χ3v) is 9.80. The molecule has 0 N–H and O–H groups in total. The van der Waals surface area contributed by atoms with Crippen LogP contribution in [0.1, 0.15) is 5.56 Å². The van der Waals surface area contributed by atoms with Gasteiger partial charge in [0.25, 0.3) is 0 Å². The minimum atomic E-state index is 0.582. The molecular weight excluding hydrogens is 619 g/mol. The fraction of sp³-hybridized carbons (Fsp3) is 0.0204. The summed E-state index contributed by atoms with van der Waals surface area (Å²) in [7, 11) is 0. The third kappa shape index (κ3) is 5.88. The molecule has 0 bridgehead atoms. The lowest BCUT2D eigenvalue weighted by atomic mass is 9.86. The smallest absolute Gasteiger partial charge is 0.128 e. The molecule has 242 valence electrons. The molecule has 1 aliphatic rings. The van der Waals surface area contributed by atoms with E-state index in [9.17, 15) is 0 Å². The normalized spacial score (nSPS) is 11.6. The van der Waals surface area contributed by atoms with Gasteiger partial charge in [-0.3, -0.25) is 0 Å². The van der Waals surface area contributed by atoms with Crippen molar-refractivity contribution in [3.8, 4) is 61.4 Å². The molecule has 0 unspecified atom stereocenters. The first-order valence-corrected chi connectivity index (χ1v) is 17.5. The van der Waals surface area contributed by atoms with Crippen LogP contribution in [-0.2, 0) is 6.61 Å². The van der Waals surface area contributed by atoms with Gasteiger partial charge in [0.1, 0.15) is 12.4 Å². The van der Waals surface area contributed by atoms with Crippen molar-refractivity contribution in [1.82, 2.24) is 0 Å². The molecule has 2 nitrogen and oxygen atoms in total. The third-order valence-electron chi connectivity index (χ3n) is 9.80. The maximum absolute atomic E-state index is 6.31. The first-order chi connectivity index (χ1) is 25.3. The van der Waals surface area contributed by atoms with Crippen molar-refractivity contribution in [1.29, 1.82) is 0 Å². The molecule has 0 aromatic heterocycles. The Bertz CT molecular complexity index is 2350.